The number of benzene rings is 2. The van der Waals surface area contributed by atoms with Crippen molar-refractivity contribution in [2.45, 2.75) is 30.8 Å². The van der Waals surface area contributed by atoms with Gasteiger partial charge in [0.05, 0.1) is 4.90 Å². The van der Waals surface area contributed by atoms with Crippen molar-refractivity contribution < 1.29 is 22.7 Å². The van der Waals surface area contributed by atoms with E-state index in [9.17, 15) is 13.2 Å². The van der Waals surface area contributed by atoms with Crippen molar-refractivity contribution in [3.8, 4) is 11.5 Å². The molecule has 0 fully saturated rings. The van der Waals surface area contributed by atoms with Crippen LogP contribution in [0.3, 0.4) is 0 Å². The number of ether oxygens (including phenoxy) is 2. The van der Waals surface area contributed by atoms with Gasteiger partial charge in [0, 0.05) is 29.2 Å². The van der Waals surface area contributed by atoms with Gasteiger partial charge in [-0.25, -0.2) is 13.4 Å². The van der Waals surface area contributed by atoms with Gasteiger partial charge in [-0.05, 0) is 44.2 Å². The standard InChI is InChI=1S/C21H21N3O5S2/c1-21(2)12-14-4-3-5-17(19(14)29-21)28-13-18(25)23-15-6-8-16(9-7-15)31(26,27)24-20-22-10-11-30-20/h3-11H,12-13H2,1-2H3,(H,22,24)(H,23,25). The van der Waals surface area contributed by atoms with E-state index in [1.165, 1.54) is 41.8 Å². The maximum Gasteiger partial charge on any atom is 0.263 e. The zero-order chi connectivity index (χ0) is 22.1. The van der Waals surface area contributed by atoms with Gasteiger partial charge in [-0.2, -0.15) is 0 Å². The van der Waals surface area contributed by atoms with E-state index in [1.54, 1.807) is 11.4 Å². The Labute approximate surface area is 184 Å². The number of carbonyl (C=O) groups excluding carboxylic acids is 1. The third-order valence-electron chi connectivity index (χ3n) is 4.52. The Balaban J connectivity index is 1.35. The Morgan fingerprint density at radius 2 is 2.00 bits per heavy atom. The molecule has 1 aliphatic heterocycles. The Morgan fingerprint density at radius 1 is 1.23 bits per heavy atom. The molecule has 31 heavy (non-hydrogen) atoms. The molecule has 0 bridgehead atoms. The third-order valence-corrected chi connectivity index (χ3v) is 6.69. The molecule has 0 saturated carbocycles. The number of carbonyl (C=O) groups is 1. The number of nitrogens with one attached hydrogen (secondary N) is 2. The average molecular weight is 460 g/mol. The summed E-state index contributed by atoms with van der Waals surface area (Å²) in [6.07, 6.45) is 2.29. The van der Waals surface area contributed by atoms with Crippen LogP contribution in [0.25, 0.3) is 0 Å². The van der Waals surface area contributed by atoms with Gasteiger partial charge in [0.2, 0.25) is 0 Å². The Hall–Kier alpha value is -3.11. The van der Waals surface area contributed by atoms with Crippen LogP contribution in [0.2, 0.25) is 0 Å². The van der Waals surface area contributed by atoms with Crippen molar-refractivity contribution in [1.29, 1.82) is 0 Å². The molecule has 0 saturated heterocycles. The fourth-order valence-corrected chi connectivity index (χ4v) is 5.00. The highest BCUT2D eigenvalue weighted by molar-refractivity contribution is 7.93. The predicted octanol–water partition coefficient (Wildman–Crippen LogP) is 3.67. The smallest absolute Gasteiger partial charge is 0.263 e. The SMILES string of the molecule is CC1(C)Cc2cccc(OCC(=O)Nc3ccc(S(=O)(=O)Nc4nccs4)cc3)c2O1. The summed E-state index contributed by atoms with van der Waals surface area (Å²) < 4.78 is 38.7. The number of nitrogens with zero attached hydrogens (tertiary/aromatic N) is 1. The van der Waals surface area contributed by atoms with Crippen molar-refractivity contribution in [3.05, 3.63) is 59.6 Å². The Morgan fingerprint density at radius 3 is 2.71 bits per heavy atom. The van der Waals surface area contributed by atoms with Crippen LogP contribution < -0.4 is 19.5 Å². The molecule has 4 rings (SSSR count). The minimum absolute atomic E-state index is 0.0663. The van der Waals surface area contributed by atoms with E-state index in [0.29, 0.717) is 17.2 Å². The summed E-state index contributed by atoms with van der Waals surface area (Å²) >= 11 is 1.19. The van der Waals surface area contributed by atoms with E-state index in [4.69, 9.17) is 9.47 Å². The van der Waals surface area contributed by atoms with Crippen LogP contribution in [0.4, 0.5) is 10.8 Å². The predicted molar refractivity (Wildman–Crippen MR) is 118 cm³/mol. The molecular formula is C21H21N3O5S2. The molecule has 0 radical (unpaired) electrons. The lowest BCUT2D eigenvalue weighted by Crippen LogP contribution is -2.25. The van der Waals surface area contributed by atoms with Gasteiger partial charge < -0.3 is 14.8 Å². The summed E-state index contributed by atoms with van der Waals surface area (Å²) in [6.45, 7) is 3.80. The minimum Gasteiger partial charge on any atom is -0.483 e. The molecule has 0 atom stereocenters. The highest BCUT2D eigenvalue weighted by atomic mass is 32.2. The highest BCUT2D eigenvalue weighted by Gasteiger charge is 2.32. The molecule has 3 aromatic rings. The lowest BCUT2D eigenvalue weighted by molar-refractivity contribution is -0.118. The van der Waals surface area contributed by atoms with E-state index in [2.05, 4.69) is 15.0 Å². The number of thiazole rings is 1. The largest absolute Gasteiger partial charge is 0.483 e. The summed E-state index contributed by atoms with van der Waals surface area (Å²) in [7, 11) is -3.74. The monoisotopic (exact) mass is 459 g/mol. The van der Waals surface area contributed by atoms with Gasteiger partial charge in [-0.1, -0.05) is 12.1 Å². The fourth-order valence-electron chi connectivity index (χ4n) is 3.21. The first-order valence-corrected chi connectivity index (χ1v) is 11.8. The number of sulfonamides is 1. The molecule has 8 nitrogen and oxygen atoms in total. The van der Waals surface area contributed by atoms with Crippen LogP contribution in [0.1, 0.15) is 19.4 Å². The van der Waals surface area contributed by atoms with Crippen molar-refractivity contribution in [2.75, 3.05) is 16.6 Å². The minimum atomic E-state index is -3.74. The summed E-state index contributed by atoms with van der Waals surface area (Å²) in [5, 5.41) is 4.65. The van der Waals surface area contributed by atoms with Crippen LogP contribution in [0, 0.1) is 0 Å². The van der Waals surface area contributed by atoms with Crippen LogP contribution in [-0.4, -0.2) is 31.5 Å². The molecule has 2 aromatic carbocycles. The number of fused-ring (bicyclic) bond motifs is 1. The first-order valence-electron chi connectivity index (χ1n) is 9.48. The van der Waals surface area contributed by atoms with Crippen molar-refractivity contribution in [2.24, 2.45) is 0 Å². The van der Waals surface area contributed by atoms with Crippen molar-refractivity contribution >= 4 is 38.1 Å². The number of anilines is 2. The lowest BCUT2D eigenvalue weighted by Gasteiger charge is -2.18. The van der Waals surface area contributed by atoms with E-state index < -0.39 is 10.0 Å². The Bertz CT molecular complexity index is 1190. The number of hydrogen-bond acceptors (Lipinski definition) is 7. The first-order chi connectivity index (χ1) is 14.7. The second-order valence-electron chi connectivity index (χ2n) is 7.59. The normalized spacial score (nSPS) is 14.4. The number of rotatable bonds is 7. The van der Waals surface area contributed by atoms with Gasteiger partial charge in [-0.3, -0.25) is 9.52 Å². The quantitative estimate of drug-likeness (QED) is 0.558. The molecule has 162 valence electrons. The van der Waals surface area contributed by atoms with Crippen molar-refractivity contribution in [1.82, 2.24) is 4.98 Å². The summed E-state index contributed by atoms with van der Waals surface area (Å²) in [5.74, 6) is 0.821. The summed E-state index contributed by atoms with van der Waals surface area (Å²) in [6, 6.07) is 11.5. The highest BCUT2D eigenvalue weighted by Crippen LogP contribution is 2.41. The maximum absolute atomic E-state index is 12.4. The molecule has 1 aromatic heterocycles. The molecule has 2 N–H and O–H groups in total. The van der Waals surface area contributed by atoms with E-state index >= 15 is 0 Å². The Kier molecular flexibility index (Phi) is 5.59. The van der Waals surface area contributed by atoms with Gasteiger partial charge in [0.25, 0.3) is 15.9 Å². The lowest BCUT2D eigenvalue weighted by atomic mass is 10.0. The van der Waals surface area contributed by atoms with Gasteiger partial charge in [0.15, 0.2) is 23.2 Å². The molecule has 1 amide bonds. The molecule has 10 heteroatoms. The van der Waals surface area contributed by atoms with Crippen LogP contribution in [-0.2, 0) is 21.2 Å². The van der Waals surface area contributed by atoms with Gasteiger partial charge in [-0.15, -0.1) is 11.3 Å². The fraction of sp³-hybridized carbons (Fsp3) is 0.238. The molecule has 0 unspecified atom stereocenters. The topological polar surface area (TPSA) is 107 Å². The first kappa shape index (κ1) is 21.1. The number of para-hydroxylation sites is 1. The van der Waals surface area contributed by atoms with Crippen LogP contribution in [0.15, 0.2) is 58.9 Å². The van der Waals surface area contributed by atoms with Gasteiger partial charge >= 0.3 is 0 Å². The molecule has 2 heterocycles. The van der Waals surface area contributed by atoms with E-state index in [0.717, 1.165) is 12.0 Å². The van der Waals surface area contributed by atoms with Crippen molar-refractivity contribution in [3.63, 3.8) is 0 Å². The van der Waals surface area contributed by atoms with Gasteiger partial charge in [0.1, 0.15) is 5.60 Å². The summed E-state index contributed by atoms with van der Waals surface area (Å²) in [4.78, 5) is 16.3. The van der Waals surface area contributed by atoms with Crippen LogP contribution in [0.5, 0.6) is 11.5 Å². The second-order valence-corrected chi connectivity index (χ2v) is 10.2. The zero-order valence-corrected chi connectivity index (χ0v) is 18.5. The molecular weight excluding hydrogens is 438 g/mol. The third kappa shape index (κ3) is 4.97. The van der Waals surface area contributed by atoms with E-state index in [1.807, 2.05) is 26.0 Å². The average Bonchev–Trinajstić information content (AvgIpc) is 3.32. The summed E-state index contributed by atoms with van der Waals surface area (Å²) in [5.41, 5.74) is 1.20. The molecule has 0 aliphatic carbocycles. The number of amides is 1. The molecule has 0 spiro atoms. The maximum atomic E-state index is 12.4. The second kappa shape index (κ2) is 8.20. The van der Waals surface area contributed by atoms with Crippen LogP contribution >= 0.6 is 11.3 Å². The molecule has 1 aliphatic rings. The number of aromatic nitrogens is 1. The van der Waals surface area contributed by atoms with E-state index in [-0.39, 0.29) is 28.1 Å². The zero-order valence-electron chi connectivity index (χ0n) is 16.9. The number of hydrogen-bond donors (Lipinski definition) is 2.